The molecule has 84 valence electrons. The third-order valence-corrected chi connectivity index (χ3v) is 2.82. The quantitative estimate of drug-likeness (QED) is 0.660. The summed E-state index contributed by atoms with van der Waals surface area (Å²) in [7, 11) is 0. The van der Waals surface area contributed by atoms with Gasteiger partial charge in [0.25, 0.3) is 0 Å². The highest BCUT2D eigenvalue weighted by atomic mass is 16.3. The monoisotopic (exact) mass is 201 g/mol. The second-order valence-electron chi connectivity index (χ2n) is 3.80. The number of rotatable bonds is 7. The van der Waals surface area contributed by atoms with Crippen molar-refractivity contribution in [2.45, 2.75) is 58.4 Å². The number of aliphatic hydroxyl groups is 1. The Balaban J connectivity index is 4.08. The first-order chi connectivity index (χ1) is 6.64. The number of aliphatic hydroxyl groups excluding tert-OH is 1. The second-order valence-corrected chi connectivity index (χ2v) is 3.80. The minimum Gasteiger partial charge on any atom is -0.394 e. The lowest BCUT2D eigenvalue weighted by Crippen LogP contribution is -2.50. The summed E-state index contributed by atoms with van der Waals surface area (Å²) >= 11 is 0. The van der Waals surface area contributed by atoms with E-state index in [1.807, 2.05) is 13.8 Å². The Morgan fingerprint density at radius 2 is 1.86 bits per heavy atom. The molecule has 2 N–H and O–H groups in total. The number of carbonyl (C=O) groups excluding carboxylic acids is 1. The summed E-state index contributed by atoms with van der Waals surface area (Å²) in [5.74, 6) is 0.0598. The van der Waals surface area contributed by atoms with E-state index in [2.05, 4.69) is 12.2 Å². The van der Waals surface area contributed by atoms with Gasteiger partial charge in [0.05, 0.1) is 12.1 Å². The summed E-state index contributed by atoms with van der Waals surface area (Å²) in [5.41, 5.74) is -0.398. The molecule has 0 aliphatic heterocycles. The van der Waals surface area contributed by atoms with Crippen molar-refractivity contribution >= 4 is 5.91 Å². The van der Waals surface area contributed by atoms with Crippen molar-refractivity contribution in [2.75, 3.05) is 6.61 Å². The maximum absolute atomic E-state index is 11.5. The Labute approximate surface area is 86.9 Å². The van der Waals surface area contributed by atoms with Crippen LogP contribution in [-0.4, -0.2) is 23.2 Å². The van der Waals surface area contributed by atoms with Crippen LogP contribution in [-0.2, 0) is 4.79 Å². The molecule has 0 aromatic rings. The van der Waals surface area contributed by atoms with Crippen molar-refractivity contribution in [1.82, 2.24) is 5.32 Å². The topological polar surface area (TPSA) is 49.3 Å². The SMILES string of the molecule is CCCCC(=O)NC(CC)(CC)CO. The second kappa shape index (κ2) is 6.82. The van der Waals surface area contributed by atoms with Crippen LogP contribution >= 0.6 is 0 Å². The van der Waals surface area contributed by atoms with Gasteiger partial charge in [0, 0.05) is 6.42 Å². The molecule has 0 bridgehead atoms. The van der Waals surface area contributed by atoms with Gasteiger partial charge >= 0.3 is 0 Å². The molecule has 3 nitrogen and oxygen atoms in total. The number of nitrogens with one attached hydrogen (secondary N) is 1. The Kier molecular flexibility index (Phi) is 6.54. The van der Waals surface area contributed by atoms with Gasteiger partial charge in [0.2, 0.25) is 5.91 Å². The van der Waals surface area contributed by atoms with Gasteiger partial charge in [-0.3, -0.25) is 4.79 Å². The minimum atomic E-state index is -0.398. The van der Waals surface area contributed by atoms with Gasteiger partial charge < -0.3 is 10.4 Å². The smallest absolute Gasteiger partial charge is 0.220 e. The van der Waals surface area contributed by atoms with Crippen molar-refractivity contribution in [3.05, 3.63) is 0 Å². The molecule has 3 heteroatoms. The van der Waals surface area contributed by atoms with E-state index >= 15 is 0 Å². The zero-order valence-electron chi connectivity index (χ0n) is 9.60. The molecule has 0 radical (unpaired) electrons. The van der Waals surface area contributed by atoms with Crippen LogP contribution in [0.25, 0.3) is 0 Å². The summed E-state index contributed by atoms with van der Waals surface area (Å²) in [4.78, 5) is 11.5. The molecule has 0 atom stereocenters. The average molecular weight is 201 g/mol. The lowest BCUT2D eigenvalue weighted by molar-refractivity contribution is -0.123. The van der Waals surface area contributed by atoms with Crippen LogP contribution in [0.4, 0.5) is 0 Å². The molecule has 0 aliphatic rings. The number of unbranched alkanes of at least 4 members (excludes halogenated alkanes) is 1. The molecule has 14 heavy (non-hydrogen) atoms. The fourth-order valence-corrected chi connectivity index (χ4v) is 1.39. The molecule has 0 aromatic heterocycles. The average Bonchev–Trinajstić information content (AvgIpc) is 2.23. The van der Waals surface area contributed by atoms with Gasteiger partial charge in [-0.15, -0.1) is 0 Å². The fourth-order valence-electron chi connectivity index (χ4n) is 1.39. The van der Waals surface area contributed by atoms with Gasteiger partial charge in [-0.1, -0.05) is 27.2 Å². The highest BCUT2D eigenvalue weighted by molar-refractivity contribution is 5.76. The number of carbonyl (C=O) groups is 1. The lowest BCUT2D eigenvalue weighted by atomic mass is 9.93. The summed E-state index contributed by atoms with van der Waals surface area (Å²) in [6.45, 7) is 6.06. The van der Waals surface area contributed by atoms with E-state index in [1.165, 1.54) is 0 Å². The minimum absolute atomic E-state index is 0.0257. The van der Waals surface area contributed by atoms with E-state index in [0.717, 1.165) is 25.7 Å². The predicted molar refractivity (Wildman–Crippen MR) is 58.1 cm³/mol. The first kappa shape index (κ1) is 13.4. The van der Waals surface area contributed by atoms with Crippen molar-refractivity contribution < 1.29 is 9.90 Å². The highest BCUT2D eigenvalue weighted by Gasteiger charge is 2.26. The standard InChI is InChI=1S/C11H23NO2/c1-4-7-8-10(14)12-11(5-2,6-3)9-13/h13H,4-9H2,1-3H3,(H,12,14). The molecule has 0 aliphatic carbocycles. The lowest BCUT2D eigenvalue weighted by Gasteiger charge is -2.30. The Hall–Kier alpha value is -0.570. The summed E-state index contributed by atoms with van der Waals surface area (Å²) in [6, 6.07) is 0. The molecule has 0 fully saturated rings. The maximum Gasteiger partial charge on any atom is 0.220 e. The van der Waals surface area contributed by atoms with Gasteiger partial charge in [-0.25, -0.2) is 0 Å². The van der Waals surface area contributed by atoms with Gasteiger partial charge in [-0.05, 0) is 19.3 Å². The molecule has 0 rings (SSSR count). The van der Waals surface area contributed by atoms with Crippen LogP contribution in [0.1, 0.15) is 52.9 Å². The number of hydrogen-bond donors (Lipinski definition) is 2. The molecule has 0 saturated heterocycles. The van der Waals surface area contributed by atoms with Gasteiger partial charge in [0.1, 0.15) is 0 Å². The summed E-state index contributed by atoms with van der Waals surface area (Å²) in [5, 5.41) is 12.2. The van der Waals surface area contributed by atoms with Gasteiger partial charge in [0.15, 0.2) is 0 Å². The third kappa shape index (κ3) is 4.09. The molecule has 0 aromatic carbocycles. The number of hydrogen-bond acceptors (Lipinski definition) is 2. The highest BCUT2D eigenvalue weighted by Crippen LogP contribution is 2.14. The Morgan fingerprint density at radius 1 is 1.29 bits per heavy atom. The fraction of sp³-hybridized carbons (Fsp3) is 0.909. The van der Waals surface area contributed by atoms with E-state index in [4.69, 9.17) is 0 Å². The Bertz CT molecular complexity index is 156. The normalized spacial score (nSPS) is 11.4. The zero-order chi connectivity index (χ0) is 11.0. The summed E-state index contributed by atoms with van der Waals surface area (Å²) in [6.07, 6.45) is 4.06. The van der Waals surface area contributed by atoms with Crippen LogP contribution in [0.5, 0.6) is 0 Å². The van der Waals surface area contributed by atoms with Crippen molar-refractivity contribution in [3.8, 4) is 0 Å². The van der Waals surface area contributed by atoms with E-state index in [-0.39, 0.29) is 12.5 Å². The Morgan fingerprint density at radius 3 is 2.21 bits per heavy atom. The molecular weight excluding hydrogens is 178 g/mol. The van der Waals surface area contributed by atoms with E-state index < -0.39 is 5.54 Å². The van der Waals surface area contributed by atoms with Crippen molar-refractivity contribution in [1.29, 1.82) is 0 Å². The van der Waals surface area contributed by atoms with Gasteiger partial charge in [-0.2, -0.15) is 0 Å². The maximum atomic E-state index is 11.5. The predicted octanol–water partition coefficient (Wildman–Crippen LogP) is 1.84. The van der Waals surface area contributed by atoms with Crippen LogP contribution in [0.15, 0.2) is 0 Å². The van der Waals surface area contributed by atoms with Crippen LogP contribution < -0.4 is 5.32 Å². The van der Waals surface area contributed by atoms with E-state index in [1.54, 1.807) is 0 Å². The molecule has 0 spiro atoms. The first-order valence-corrected chi connectivity index (χ1v) is 5.56. The molecule has 0 unspecified atom stereocenters. The third-order valence-electron chi connectivity index (χ3n) is 2.82. The molecule has 1 amide bonds. The summed E-state index contributed by atoms with van der Waals surface area (Å²) < 4.78 is 0. The van der Waals surface area contributed by atoms with Crippen molar-refractivity contribution in [2.24, 2.45) is 0 Å². The van der Waals surface area contributed by atoms with Crippen LogP contribution in [0.3, 0.4) is 0 Å². The molecular formula is C11H23NO2. The zero-order valence-corrected chi connectivity index (χ0v) is 9.60. The van der Waals surface area contributed by atoms with E-state index in [0.29, 0.717) is 6.42 Å². The largest absolute Gasteiger partial charge is 0.394 e. The van der Waals surface area contributed by atoms with Crippen molar-refractivity contribution in [3.63, 3.8) is 0 Å². The first-order valence-electron chi connectivity index (χ1n) is 5.56. The van der Waals surface area contributed by atoms with Crippen LogP contribution in [0.2, 0.25) is 0 Å². The molecule has 0 saturated carbocycles. The number of amides is 1. The van der Waals surface area contributed by atoms with Crippen LogP contribution in [0, 0.1) is 0 Å². The van der Waals surface area contributed by atoms with E-state index in [9.17, 15) is 9.90 Å². The molecule has 0 heterocycles.